The Morgan fingerprint density at radius 2 is 1.65 bits per heavy atom. The number of likely N-dealkylation sites (tertiary alicyclic amines) is 1. The number of nitrogens with one attached hydrogen (secondary N) is 1. The Labute approximate surface area is 195 Å². The Morgan fingerprint density at radius 1 is 1.06 bits per heavy atom. The lowest BCUT2D eigenvalue weighted by Gasteiger charge is -2.49. The zero-order chi connectivity index (χ0) is 24.9. The fourth-order valence-corrected chi connectivity index (χ4v) is 5.13. The number of hydrogen-bond acceptors (Lipinski definition) is 3. The molecule has 2 N–H and O–H groups in total. The number of aliphatic hydroxyl groups is 1. The van der Waals surface area contributed by atoms with Crippen LogP contribution in [-0.2, 0) is 9.59 Å². The van der Waals surface area contributed by atoms with E-state index in [9.17, 15) is 27.2 Å². The number of benzene rings is 2. The maximum atomic E-state index is 14.5. The van der Waals surface area contributed by atoms with E-state index in [4.69, 9.17) is 5.11 Å². The van der Waals surface area contributed by atoms with Crippen molar-refractivity contribution >= 4 is 11.8 Å². The molecule has 2 aliphatic heterocycles. The molecule has 34 heavy (non-hydrogen) atoms. The summed E-state index contributed by atoms with van der Waals surface area (Å²) in [6, 6.07) is 13.5. The summed E-state index contributed by atoms with van der Waals surface area (Å²) in [6.07, 6.45) is -3.88. The van der Waals surface area contributed by atoms with Gasteiger partial charge in [-0.25, -0.2) is 4.39 Å². The molecule has 2 fully saturated rings. The molecule has 2 unspecified atom stereocenters. The first-order chi connectivity index (χ1) is 16.2. The minimum absolute atomic E-state index is 0.0911. The third kappa shape index (κ3) is 5.24. The number of amides is 2. The SMILES string of the molecule is CO.O=C1CC2(CCN(C(=O)C(c3ccccc3)C(F)(F)F)CC2)C(c2ccccc2F)CN1. The average molecular weight is 481 g/mol. The molecule has 0 bridgehead atoms. The van der Waals surface area contributed by atoms with Crippen LogP contribution in [0, 0.1) is 11.2 Å². The van der Waals surface area contributed by atoms with E-state index in [0.29, 0.717) is 18.4 Å². The van der Waals surface area contributed by atoms with Crippen LogP contribution in [0.1, 0.15) is 42.2 Å². The molecule has 2 heterocycles. The predicted molar refractivity (Wildman–Crippen MR) is 118 cm³/mol. The van der Waals surface area contributed by atoms with Crippen molar-refractivity contribution in [3.63, 3.8) is 0 Å². The molecule has 2 atom stereocenters. The monoisotopic (exact) mass is 480 g/mol. The van der Waals surface area contributed by atoms with Crippen LogP contribution in [0.15, 0.2) is 54.6 Å². The van der Waals surface area contributed by atoms with Gasteiger partial charge in [0.25, 0.3) is 0 Å². The summed E-state index contributed by atoms with van der Waals surface area (Å²) in [5.74, 6) is -4.04. The summed E-state index contributed by atoms with van der Waals surface area (Å²) in [5, 5.41) is 9.79. The maximum Gasteiger partial charge on any atom is 0.404 e. The van der Waals surface area contributed by atoms with Gasteiger partial charge in [0, 0.05) is 39.1 Å². The van der Waals surface area contributed by atoms with Gasteiger partial charge in [0.1, 0.15) is 5.82 Å². The predicted octanol–water partition coefficient (Wildman–Crippen LogP) is 3.99. The van der Waals surface area contributed by atoms with Crippen LogP contribution in [-0.4, -0.2) is 54.7 Å². The quantitative estimate of drug-likeness (QED) is 0.653. The number of piperidine rings is 2. The van der Waals surface area contributed by atoms with Crippen molar-refractivity contribution in [2.45, 2.75) is 37.3 Å². The van der Waals surface area contributed by atoms with Gasteiger partial charge in [-0.05, 0) is 35.4 Å². The summed E-state index contributed by atoms with van der Waals surface area (Å²) in [7, 11) is 1.00. The van der Waals surface area contributed by atoms with Crippen LogP contribution in [0.2, 0.25) is 0 Å². The van der Waals surface area contributed by atoms with Crippen LogP contribution in [0.25, 0.3) is 0 Å². The lowest BCUT2D eigenvalue weighted by atomic mass is 9.62. The molecule has 0 saturated carbocycles. The van der Waals surface area contributed by atoms with E-state index >= 15 is 0 Å². The first-order valence-corrected chi connectivity index (χ1v) is 11.1. The van der Waals surface area contributed by atoms with Crippen molar-refractivity contribution in [1.82, 2.24) is 10.2 Å². The van der Waals surface area contributed by atoms with Gasteiger partial charge in [-0.1, -0.05) is 48.5 Å². The fraction of sp³-hybridized carbons (Fsp3) is 0.440. The van der Waals surface area contributed by atoms with Gasteiger partial charge < -0.3 is 15.3 Å². The molecular weight excluding hydrogens is 452 g/mol. The van der Waals surface area contributed by atoms with Crippen molar-refractivity contribution in [2.75, 3.05) is 26.7 Å². The molecule has 184 valence electrons. The number of nitrogens with zero attached hydrogens (tertiary/aromatic N) is 1. The molecule has 1 spiro atoms. The Hall–Kier alpha value is -2.94. The molecule has 2 aliphatic rings. The van der Waals surface area contributed by atoms with Crippen LogP contribution in [0.3, 0.4) is 0 Å². The van der Waals surface area contributed by atoms with Gasteiger partial charge in [-0.3, -0.25) is 9.59 Å². The minimum atomic E-state index is -4.71. The second-order valence-corrected chi connectivity index (χ2v) is 8.63. The lowest BCUT2D eigenvalue weighted by Crippen LogP contribution is -2.54. The Morgan fingerprint density at radius 3 is 2.24 bits per heavy atom. The first kappa shape index (κ1) is 25.7. The Kier molecular flexibility index (Phi) is 7.97. The topological polar surface area (TPSA) is 69.6 Å². The van der Waals surface area contributed by atoms with Gasteiger partial charge in [0.2, 0.25) is 11.8 Å². The summed E-state index contributed by atoms with van der Waals surface area (Å²) in [4.78, 5) is 26.4. The second-order valence-electron chi connectivity index (χ2n) is 8.63. The highest BCUT2D eigenvalue weighted by molar-refractivity contribution is 5.85. The molecule has 2 saturated heterocycles. The molecule has 2 aromatic carbocycles. The van der Waals surface area contributed by atoms with Crippen molar-refractivity contribution in [1.29, 1.82) is 0 Å². The number of carbonyl (C=O) groups excluding carboxylic acids is 2. The van der Waals surface area contributed by atoms with Crippen molar-refractivity contribution in [3.8, 4) is 0 Å². The average Bonchev–Trinajstić information content (AvgIpc) is 2.81. The number of rotatable bonds is 3. The van der Waals surface area contributed by atoms with Crippen LogP contribution in [0.5, 0.6) is 0 Å². The molecule has 2 amide bonds. The van der Waals surface area contributed by atoms with Gasteiger partial charge in [-0.15, -0.1) is 0 Å². The van der Waals surface area contributed by atoms with E-state index in [1.807, 2.05) is 0 Å². The normalized spacial score (nSPS) is 20.7. The summed E-state index contributed by atoms with van der Waals surface area (Å²) >= 11 is 0. The van der Waals surface area contributed by atoms with Gasteiger partial charge in [-0.2, -0.15) is 13.2 Å². The molecule has 9 heteroatoms. The standard InChI is InChI=1S/C24H24F4N2O2.CH4O/c25-19-9-5-4-8-17(19)18-15-29-20(31)14-23(18)10-12-30(13-11-23)22(32)21(24(26,27)28)16-6-2-1-3-7-16;1-2/h1-9,18,21H,10-15H2,(H,29,31);2H,1H3. The summed E-state index contributed by atoms with van der Waals surface area (Å²) in [6.45, 7) is 0.454. The van der Waals surface area contributed by atoms with E-state index in [1.54, 1.807) is 24.3 Å². The second kappa shape index (κ2) is 10.5. The van der Waals surface area contributed by atoms with Crippen LogP contribution < -0.4 is 5.32 Å². The van der Waals surface area contributed by atoms with Crippen LogP contribution >= 0.6 is 0 Å². The zero-order valence-corrected chi connectivity index (χ0v) is 18.8. The minimum Gasteiger partial charge on any atom is -0.400 e. The molecule has 0 aromatic heterocycles. The number of alkyl halides is 3. The van der Waals surface area contributed by atoms with E-state index < -0.39 is 23.4 Å². The Bertz CT molecular complexity index is 989. The summed E-state index contributed by atoms with van der Waals surface area (Å²) < 4.78 is 55.9. The van der Waals surface area contributed by atoms with Crippen molar-refractivity contribution in [3.05, 3.63) is 71.5 Å². The van der Waals surface area contributed by atoms with E-state index in [2.05, 4.69) is 5.32 Å². The molecule has 0 aliphatic carbocycles. The number of halogens is 4. The molecule has 2 aromatic rings. The number of carbonyl (C=O) groups is 2. The van der Waals surface area contributed by atoms with Crippen molar-refractivity contribution < 1.29 is 32.3 Å². The van der Waals surface area contributed by atoms with Gasteiger partial charge in [0.05, 0.1) is 0 Å². The molecule has 4 rings (SSSR count). The van der Waals surface area contributed by atoms with Gasteiger partial charge >= 0.3 is 6.18 Å². The van der Waals surface area contributed by atoms with Crippen molar-refractivity contribution in [2.24, 2.45) is 5.41 Å². The van der Waals surface area contributed by atoms with Crippen LogP contribution in [0.4, 0.5) is 17.6 Å². The maximum absolute atomic E-state index is 14.5. The molecule has 0 radical (unpaired) electrons. The third-order valence-electron chi connectivity index (χ3n) is 6.81. The smallest absolute Gasteiger partial charge is 0.400 e. The van der Waals surface area contributed by atoms with E-state index in [-0.39, 0.29) is 49.3 Å². The lowest BCUT2D eigenvalue weighted by molar-refractivity contribution is -0.173. The fourth-order valence-electron chi connectivity index (χ4n) is 5.13. The molecular formula is C25H28F4N2O3. The highest BCUT2D eigenvalue weighted by Gasteiger charge is 2.51. The number of hydrogen-bond donors (Lipinski definition) is 2. The van der Waals surface area contributed by atoms with Gasteiger partial charge in [0.15, 0.2) is 5.92 Å². The number of aliphatic hydroxyl groups excluding tert-OH is 1. The highest BCUT2D eigenvalue weighted by Crippen LogP contribution is 2.50. The first-order valence-electron chi connectivity index (χ1n) is 11.1. The largest absolute Gasteiger partial charge is 0.404 e. The van der Waals surface area contributed by atoms with E-state index in [1.165, 1.54) is 35.2 Å². The Balaban J connectivity index is 0.00000158. The van der Waals surface area contributed by atoms with E-state index in [0.717, 1.165) is 7.11 Å². The summed E-state index contributed by atoms with van der Waals surface area (Å²) in [5.41, 5.74) is -0.196. The third-order valence-corrected chi connectivity index (χ3v) is 6.81. The zero-order valence-electron chi connectivity index (χ0n) is 18.8. The molecule has 5 nitrogen and oxygen atoms in total. The highest BCUT2D eigenvalue weighted by atomic mass is 19.4.